The number of hydrogen-bond acceptors (Lipinski definition) is 3. The average molecular weight is 367 g/mol. The van der Waals surface area contributed by atoms with E-state index in [2.05, 4.69) is 5.32 Å². The second-order valence-corrected chi connectivity index (χ2v) is 7.15. The van der Waals surface area contributed by atoms with Gasteiger partial charge in [-0.1, -0.05) is 12.1 Å². The summed E-state index contributed by atoms with van der Waals surface area (Å²) in [6.45, 7) is 5.68. The van der Waals surface area contributed by atoms with E-state index in [0.29, 0.717) is 10.7 Å². The molecular formula is C20H21N3O2S. The maximum Gasteiger partial charge on any atom is 0.259 e. The van der Waals surface area contributed by atoms with Gasteiger partial charge in [-0.05, 0) is 75.0 Å². The minimum atomic E-state index is -0.824. The lowest BCUT2D eigenvalue weighted by molar-refractivity contribution is -0.120. The first-order chi connectivity index (χ1) is 12.3. The number of carbonyl (C=O) groups excluding carboxylic acids is 2. The van der Waals surface area contributed by atoms with Gasteiger partial charge in [0, 0.05) is 18.3 Å². The molecule has 0 bridgehead atoms. The Morgan fingerprint density at radius 1 is 1.08 bits per heavy atom. The summed E-state index contributed by atoms with van der Waals surface area (Å²) >= 11 is 5.65. The molecule has 1 aliphatic rings. The smallest absolute Gasteiger partial charge is 0.259 e. The van der Waals surface area contributed by atoms with E-state index in [1.165, 1.54) is 0 Å². The fraction of sp³-hybridized carbons (Fsp3) is 0.250. The quantitative estimate of drug-likeness (QED) is 0.846. The van der Waals surface area contributed by atoms with Gasteiger partial charge < -0.3 is 10.2 Å². The number of rotatable bonds is 3. The molecule has 5 nitrogen and oxygen atoms in total. The zero-order chi connectivity index (χ0) is 19.1. The number of nitrogens with one attached hydrogen (secondary N) is 1. The molecule has 3 rings (SSSR count). The van der Waals surface area contributed by atoms with E-state index in [1.54, 1.807) is 24.1 Å². The standard InChI is InChI=1S/C20H21N3O2S/c1-13-6-5-7-16(12-13)22-18(25)20(2,3)23(19(22)26)15-10-8-14(9-11-15)17(24)21-4/h5-12H,1-4H3,(H,21,24). The molecular weight excluding hydrogens is 346 g/mol. The van der Waals surface area contributed by atoms with Crippen molar-refractivity contribution < 1.29 is 9.59 Å². The average Bonchev–Trinajstić information content (AvgIpc) is 2.79. The molecule has 2 aromatic rings. The first-order valence-corrected chi connectivity index (χ1v) is 8.75. The molecule has 1 aliphatic heterocycles. The summed E-state index contributed by atoms with van der Waals surface area (Å²) in [4.78, 5) is 28.2. The zero-order valence-corrected chi connectivity index (χ0v) is 16.1. The van der Waals surface area contributed by atoms with E-state index >= 15 is 0 Å². The zero-order valence-electron chi connectivity index (χ0n) is 15.2. The molecule has 0 radical (unpaired) electrons. The van der Waals surface area contributed by atoms with Crippen molar-refractivity contribution in [2.45, 2.75) is 26.3 Å². The number of benzene rings is 2. The Bertz CT molecular complexity index is 890. The molecule has 2 amide bonds. The number of aryl methyl sites for hydroxylation is 1. The van der Waals surface area contributed by atoms with Crippen molar-refractivity contribution in [3.8, 4) is 0 Å². The van der Waals surface area contributed by atoms with Crippen molar-refractivity contribution in [1.29, 1.82) is 0 Å². The van der Waals surface area contributed by atoms with Gasteiger partial charge in [-0.25, -0.2) is 0 Å². The summed E-state index contributed by atoms with van der Waals surface area (Å²) in [5, 5.41) is 3.02. The van der Waals surface area contributed by atoms with Crippen molar-refractivity contribution in [3.63, 3.8) is 0 Å². The van der Waals surface area contributed by atoms with Gasteiger partial charge in [0.05, 0.1) is 5.69 Å². The number of amides is 2. The Morgan fingerprint density at radius 3 is 2.31 bits per heavy atom. The Hall–Kier alpha value is -2.73. The van der Waals surface area contributed by atoms with Crippen molar-refractivity contribution >= 4 is 40.5 Å². The number of nitrogens with zero attached hydrogens (tertiary/aromatic N) is 2. The highest BCUT2D eigenvalue weighted by Gasteiger charge is 2.50. The topological polar surface area (TPSA) is 52.7 Å². The summed E-state index contributed by atoms with van der Waals surface area (Å²) in [5.74, 6) is -0.235. The molecule has 1 saturated heterocycles. The van der Waals surface area contributed by atoms with Gasteiger partial charge in [-0.2, -0.15) is 0 Å². The fourth-order valence-electron chi connectivity index (χ4n) is 3.13. The number of thiocarbonyl (C=S) groups is 1. The largest absolute Gasteiger partial charge is 0.355 e. The van der Waals surface area contributed by atoms with Crippen LogP contribution in [0.5, 0.6) is 0 Å². The summed E-state index contributed by atoms with van der Waals surface area (Å²) in [7, 11) is 1.59. The molecule has 26 heavy (non-hydrogen) atoms. The van der Waals surface area contributed by atoms with Crippen LogP contribution in [0.3, 0.4) is 0 Å². The molecule has 0 aromatic heterocycles. The Kier molecular flexibility index (Phi) is 4.54. The second-order valence-electron chi connectivity index (χ2n) is 6.78. The normalized spacial score (nSPS) is 16.2. The molecule has 1 heterocycles. The summed E-state index contributed by atoms with van der Waals surface area (Å²) < 4.78 is 0. The van der Waals surface area contributed by atoms with Gasteiger partial charge in [0.15, 0.2) is 5.11 Å². The second kappa shape index (κ2) is 6.53. The Balaban J connectivity index is 2.01. The van der Waals surface area contributed by atoms with Crippen molar-refractivity contribution in [2.24, 2.45) is 0 Å². The Labute approximate surface area is 158 Å². The van der Waals surface area contributed by atoms with E-state index in [-0.39, 0.29) is 11.8 Å². The molecule has 0 spiro atoms. The molecule has 0 atom stereocenters. The first-order valence-electron chi connectivity index (χ1n) is 8.35. The van der Waals surface area contributed by atoms with Gasteiger partial charge in [0.25, 0.3) is 11.8 Å². The molecule has 1 N–H and O–H groups in total. The van der Waals surface area contributed by atoms with Gasteiger partial charge in [-0.15, -0.1) is 0 Å². The third kappa shape index (κ3) is 2.86. The summed E-state index contributed by atoms with van der Waals surface area (Å²) in [6, 6.07) is 14.8. The van der Waals surface area contributed by atoms with Crippen LogP contribution in [0.1, 0.15) is 29.8 Å². The lowest BCUT2D eigenvalue weighted by Crippen LogP contribution is -2.44. The van der Waals surface area contributed by atoms with E-state index < -0.39 is 5.54 Å². The molecule has 2 aromatic carbocycles. The van der Waals surface area contributed by atoms with Crippen LogP contribution in [-0.4, -0.2) is 29.5 Å². The van der Waals surface area contributed by atoms with Crippen LogP contribution in [0.25, 0.3) is 0 Å². The molecule has 1 fully saturated rings. The molecule has 0 saturated carbocycles. The highest BCUT2D eigenvalue weighted by atomic mass is 32.1. The molecule has 6 heteroatoms. The van der Waals surface area contributed by atoms with Crippen molar-refractivity contribution in [2.75, 3.05) is 16.8 Å². The van der Waals surface area contributed by atoms with E-state index in [0.717, 1.165) is 16.9 Å². The molecule has 0 unspecified atom stereocenters. The fourth-order valence-corrected chi connectivity index (χ4v) is 3.65. The van der Waals surface area contributed by atoms with Crippen LogP contribution >= 0.6 is 12.2 Å². The van der Waals surface area contributed by atoms with Gasteiger partial charge >= 0.3 is 0 Å². The number of hydrogen-bond donors (Lipinski definition) is 1. The highest BCUT2D eigenvalue weighted by Crippen LogP contribution is 2.36. The van der Waals surface area contributed by atoms with Crippen LogP contribution in [0, 0.1) is 6.92 Å². The lowest BCUT2D eigenvalue weighted by Gasteiger charge is -2.29. The first kappa shape index (κ1) is 18.1. The summed E-state index contributed by atoms with van der Waals surface area (Å²) in [6.07, 6.45) is 0. The lowest BCUT2D eigenvalue weighted by atomic mass is 10.0. The predicted octanol–water partition coefficient (Wildman–Crippen LogP) is 3.27. The van der Waals surface area contributed by atoms with Crippen molar-refractivity contribution in [3.05, 3.63) is 59.7 Å². The molecule has 0 aliphatic carbocycles. The van der Waals surface area contributed by atoms with Gasteiger partial charge in [-0.3, -0.25) is 14.5 Å². The van der Waals surface area contributed by atoms with Crippen LogP contribution in [0.2, 0.25) is 0 Å². The van der Waals surface area contributed by atoms with Crippen LogP contribution < -0.4 is 15.1 Å². The maximum atomic E-state index is 13.1. The maximum absolute atomic E-state index is 13.1. The van der Waals surface area contributed by atoms with Crippen LogP contribution in [-0.2, 0) is 4.79 Å². The van der Waals surface area contributed by atoms with E-state index in [4.69, 9.17) is 12.2 Å². The van der Waals surface area contributed by atoms with Crippen LogP contribution in [0.4, 0.5) is 11.4 Å². The SMILES string of the molecule is CNC(=O)c1ccc(N2C(=S)N(c3cccc(C)c3)C(=O)C2(C)C)cc1. The third-order valence-corrected chi connectivity index (χ3v) is 4.91. The summed E-state index contributed by atoms with van der Waals surface area (Å²) in [5.41, 5.74) is 2.33. The van der Waals surface area contributed by atoms with Crippen LogP contribution in [0.15, 0.2) is 48.5 Å². The minimum absolute atomic E-state index is 0.0801. The van der Waals surface area contributed by atoms with Crippen molar-refractivity contribution in [1.82, 2.24) is 5.32 Å². The highest BCUT2D eigenvalue weighted by molar-refractivity contribution is 7.81. The van der Waals surface area contributed by atoms with E-state index in [9.17, 15) is 9.59 Å². The van der Waals surface area contributed by atoms with E-state index in [1.807, 2.05) is 62.1 Å². The molecule has 134 valence electrons. The number of anilines is 2. The van der Waals surface area contributed by atoms with Gasteiger partial charge in [0.1, 0.15) is 5.54 Å². The number of carbonyl (C=O) groups is 2. The third-order valence-electron chi connectivity index (χ3n) is 4.54. The minimum Gasteiger partial charge on any atom is -0.355 e. The predicted molar refractivity (Wildman–Crippen MR) is 108 cm³/mol. The Morgan fingerprint density at radius 2 is 1.73 bits per heavy atom. The van der Waals surface area contributed by atoms with Gasteiger partial charge in [0.2, 0.25) is 0 Å². The monoisotopic (exact) mass is 367 g/mol.